The van der Waals surface area contributed by atoms with Crippen LogP contribution in [0.1, 0.15) is 30.1 Å². The summed E-state index contributed by atoms with van der Waals surface area (Å²) in [5.74, 6) is 0.656. The average Bonchev–Trinajstić information content (AvgIpc) is 3.02. The largest absolute Gasteiger partial charge is 0.496 e. The molecule has 1 aliphatic heterocycles. The van der Waals surface area contributed by atoms with Gasteiger partial charge in [-0.2, -0.15) is 0 Å². The zero-order valence-electron chi connectivity index (χ0n) is 19.2. The molecule has 1 aliphatic rings. The van der Waals surface area contributed by atoms with Crippen LogP contribution in [0.2, 0.25) is 0 Å². The van der Waals surface area contributed by atoms with E-state index in [1.807, 2.05) is 0 Å². The number of fused-ring (bicyclic) bond motifs is 1. The summed E-state index contributed by atoms with van der Waals surface area (Å²) < 4.78 is 37.1. The molecule has 33 heavy (non-hydrogen) atoms. The standard InChI is InChI=1S/C23H28N4O5S/c1-15-9-11-27(12-10-15)22(28)18-14-17(6-8-21(18)32-4)33(30,31)24-16-5-7-19-20(13-16)26(3)23(29)25(19)2/h5-8,13-15,24H,9-12H2,1-4H3. The zero-order chi connectivity index (χ0) is 23.9. The Morgan fingerprint density at radius 2 is 1.70 bits per heavy atom. The molecule has 9 nitrogen and oxygen atoms in total. The zero-order valence-corrected chi connectivity index (χ0v) is 20.0. The number of benzene rings is 2. The van der Waals surface area contributed by atoms with Gasteiger partial charge in [0.2, 0.25) is 0 Å². The number of rotatable bonds is 5. The van der Waals surface area contributed by atoms with Crippen molar-refractivity contribution >= 4 is 32.7 Å². The molecular formula is C23H28N4O5S. The molecule has 1 fully saturated rings. The predicted octanol–water partition coefficient (Wildman–Crippen LogP) is 2.56. The number of nitrogens with one attached hydrogen (secondary N) is 1. The average molecular weight is 473 g/mol. The fourth-order valence-electron chi connectivity index (χ4n) is 4.19. The minimum Gasteiger partial charge on any atom is -0.496 e. The highest BCUT2D eigenvalue weighted by molar-refractivity contribution is 7.92. The molecule has 0 atom stereocenters. The number of hydrogen-bond acceptors (Lipinski definition) is 5. The van der Waals surface area contributed by atoms with Crippen molar-refractivity contribution in [2.24, 2.45) is 20.0 Å². The number of methoxy groups -OCH3 is 1. The maximum absolute atomic E-state index is 13.1. The number of carbonyl (C=O) groups excluding carboxylic acids is 1. The molecule has 0 bridgehead atoms. The SMILES string of the molecule is COc1ccc(S(=O)(=O)Nc2ccc3c(c2)n(C)c(=O)n3C)cc1C(=O)N1CCC(C)CC1. The number of sulfonamides is 1. The first kappa shape index (κ1) is 22.9. The van der Waals surface area contributed by atoms with Crippen LogP contribution in [-0.2, 0) is 24.1 Å². The lowest BCUT2D eigenvalue weighted by Crippen LogP contribution is -2.38. The van der Waals surface area contributed by atoms with Gasteiger partial charge in [0.05, 0.1) is 34.3 Å². The first-order chi connectivity index (χ1) is 15.6. The minimum absolute atomic E-state index is 0.0425. The summed E-state index contributed by atoms with van der Waals surface area (Å²) in [5.41, 5.74) is 1.63. The molecule has 0 aliphatic carbocycles. The highest BCUT2D eigenvalue weighted by Crippen LogP contribution is 2.28. The van der Waals surface area contributed by atoms with E-state index in [1.54, 1.807) is 37.2 Å². The lowest BCUT2D eigenvalue weighted by atomic mass is 9.98. The molecule has 10 heteroatoms. The summed E-state index contributed by atoms with van der Waals surface area (Å²) in [7, 11) is 0.756. The third-order valence-electron chi connectivity index (χ3n) is 6.31. The molecule has 1 saturated heterocycles. The van der Waals surface area contributed by atoms with Crippen LogP contribution in [0.3, 0.4) is 0 Å². The summed E-state index contributed by atoms with van der Waals surface area (Å²) in [5, 5.41) is 0. The Bertz CT molecular complexity index is 1380. The third kappa shape index (κ3) is 4.22. The fraction of sp³-hybridized carbons (Fsp3) is 0.391. The topological polar surface area (TPSA) is 103 Å². The minimum atomic E-state index is -3.99. The number of aryl methyl sites for hydroxylation is 2. The Hall–Kier alpha value is -3.27. The van der Waals surface area contributed by atoms with Crippen molar-refractivity contribution < 1.29 is 17.9 Å². The second-order valence-corrected chi connectivity index (χ2v) is 10.2. The smallest absolute Gasteiger partial charge is 0.328 e. The predicted molar refractivity (Wildman–Crippen MR) is 126 cm³/mol. The van der Waals surface area contributed by atoms with Gasteiger partial charge in [0, 0.05) is 27.2 Å². The number of hydrogen-bond donors (Lipinski definition) is 1. The van der Waals surface area contributed by atoms with E-state index >= 15 is 0 Å². The summed E-state index contributed by atoms with van der Waals surface area (Å²) in [6.45, 7) is 3.42. The Morgan fingerprint density at radius 3 is 2.36 bits per heavy atom. The fourth-order valence-corrected chi connectivity index (χ4v) is 5.26. The van der Waals surface area contributed by atoms with Crippen molar-refractivity contribution in [2.45, 2.75) is 24.7 Å². The summed E-state index contributed by atoms with van der Waals surface area (Å²) in [4.78, 5) is 27.0. The molecule has 3 aromatic rings. The third-order valence-corrected chi connectivity index (χ3v) is 7.69. The monoisotopic (exact) mass is 472 g/mol. The van der Waals surface area contributed by atoms with Crippen LogP contribution in [0, 0.1) is 5.92 Å². The summed E-state index contributed by atoms with van der Waals surface area (Å²) in [6, 6.07) is 9.17. The number of carbonyl (C=O) groups is 1. The van der Waals surface area contributed by atoms with Gasteiger partial charge in [-0.15, -0.1) is 0 Å². The van der Waals surface area contributed by atoms with Gasteiger partial charge < -0.3 is 9.64 Å². The van der Waals surface area contributed by atoms with E-state index < -0.39 is 10.0 Å². The van der Waals surface area contributed by atoms with Crippen LogP contribution in [0.25, 0.3) is 11.0 Å². The van der Waals surface area contributed by atoms with E-state index in [0.717, 1.165) is 12.8 Å². The highest BCUT2D eigenvalue weighted by atomic mass is 32.2. The molecule has 2 heterocycles. The number of nitrogens with zero attached hydrogens (tertiary/aromatic N) is 3. The first-order valence-electron chi connectivity index (χ1n) is 10.8. The molecule has 1 aromatic heterocycles. The van der Waals surface area contributed by atoms with Crippen molar-refractivity contribution in [3.05, 3.63) is 52.4 Å². The first-order valence-corrected chi connectivity index (χ1v) is 12.3. The van der Waals surface area contributed by atoms with E-state index in [4.69, 9.17) is 4.74 Å². The number of anilines is 1. The quantitative estimate of drug-likeness (QED) is 0.615. The van der Waals surface area contributed by atoms with Gasteiger partial charge in [-0.3, -0.25) is 18.7 Å². The van der Waals surface area contributed by atoms with E-state index in [-0.39, 0.29) is 22.1 Å². The molecular weight excluding hydrogens is 444 g/mol. The Balaban J connectivity index is 1.66. The van der Waals surface area contributed by atoms with Crippen LogP contribution in [-0.4, -0.2) is 48.6 Å². The molecule has 0 radical (unpaired) electrons. The van der Waals surface area contributed by atoms with Gasteiger partial charge in [0.25, 0.3) is 15.9 Å². The Morgan fingerprint density at radius 1 is 1.03 bits per heavy atom. The number of ether oxygens (including phenoxy) is 1. The Kier molecular flexibility index (Phi) is 5.96. The van der Waals surface area contributed by atoms with Crippen LogP contribution in [0.15, 0.2) is 46.1 Å². The summed E-state index contributed by atoms with van der Waals surface area (Å²) in [6.07, 6.45) is 1.83. The molecule has 2 aromatic carbocycles. The maximum atomic E-state index is 13.1. The second kappa shape index (κ2) is 8.58. The Labute approximate surface area is 192 Å². The molecule has 4 rings (SSSR count). The van der Waals surface area contributed by atoms with Crippen LogP contribution in [0.4, 0.5) is 5.69 Å². The van der Waals surface area contributed by atoms with E-state index in [0.29, 0.717) is 41.5 Å². The maximum Gasteiger partial charge on any atom is 0.328 e. The van der Waals surface area contributed by atoms with Gasteiger partial charge in [-0.25, -0.2) is 13.2 Å². The molecule has 0 saturated carbocycles. The number of likely N-dealkylation sites (tertiary alicyclic amines) is 1. The lowest BCUT2D eigenvalue weighted by Gasteiger charge is -2.30. The number of imidazole rings is 1. The van der Waals surface area contributed by atoms with E-state index in [2.05, 4.69) is 11.6 Å². The molecule has 1 N–H and O–H groups in total. The van der Waals surface area contributed by atoms with Gasteiger partial charge >= 0.3 is 5.69 Å². The van der Waals surface area contributed by atoms with Crippen molar-refractivity contribution in [1.29, 1.82) is 0 Å². The van der Waals surface area contributed by atoms with Crippen molar-refractivity contribution in [3.8, 4) is 5.75 Å². The van der Waals surface area contributed by atoms with Gasteiger partial charge in [0.1, 0.15) is 5.75 Å². The van der Waals surface area contributed by atoms with Crippen molar-refractivity contribution in [1.82, 2.24) is 14.0 Å². The normalized spacial score (nSPS) is 15.1. The highest BCUT2D eigenvalue weighted by Gasteiger charge is 2.26. The molecule has 0 spiro atoms. The molecule has 0 unspecified atom stereocenters. The van der Waals surface area contributed by atoms with Crippen molar-refractivity contribution in [2.75, 3.05) is 24.9 Å². The van der Waals surface area contributed by atoms with E-state index in [1.165, 1.54) is 34.4 Å². The van der Waals surface area contributed by atoms with Crippen LogP contribution in [0.5, 0.6) is 5.75 Å². The lowest BCUT2D eigenvalue weighted by molar-refractivity contribution is 0.0693. The number of aromatic nitrogens is 2. The molecule has 176 valence electrons. The number of amides is 1. The van der Waals surface area contributed by atoms with Gasteiger partial charge in [0.15, 0.2) is 0 Å². The van der Waals surface area contributed by atoms with Gasteiger partial charge in [-0.05, 0) is 55.2 Å². The second-order valence-electron chi connectivity index (χ2n) is 8.55. The van der Waals surface area contributed by atoms with E-state index in [9.17, 15) is 18.0 Å². The van der Waals surface area contributed by atoms with Crippen LogP contribution >= 0.6 is 0 Å². The molecule has 1 amide bonds. The summed E-state index contributed by atoms with van der Waals surface area (Å²) >= 11 is 0. The van der Waals surface area contributed by atoms with Gasteiger partial charge in [-0.1, -0.05) is 6.92 Å². The van der Waals surface area contributed by atoms with Crippen molar-refractivity contribution in [3.63, 3.8) is 0 Å². The van der Waals surface area contributed by atoms with Crippen LogP contribution < -0.4 is 15.1 Å². The number of piperidine rings is 1.